The first-order chi connectivity index (χ1) is 14.5. The van der Waals surface area contributed by atoms with Crippen LogP contribution >= 0.6 is 27.3 Å². The van der Waals surface area contributed by atoms with Crippen LogP contribution in [0.4, 0.5) is 0 Å². The van der Waals surface area contributed by atoms with Crippen LogP contribution in [0.3, 0.4) is 0 Å². The van der Waals surface area contributed by atoms with Gasteiger partial charge in [0.25, 0.3) is 11.5 Å². The monoisotopic (exact) mass is 480 g/mol. The van der Waals surface area contributed by atoms with E-state index in [1.165, 1.54) is 22.2 Å². The summed E-state index contributed by atoms with van der Waals surface area (Å²) in [5, 5.41) is 4.49. The summed E-state index contributed by atoms with van der Waals surface area (Å²) >= 11 is 4.84. The molecule has 4 aromatic rings. The molecule has 4 rings (SSSR count). The van der Waals surface area contributed by atoms with Gasteiger partial charge < -0.3 is 0 Å². The van der Waals surface area contributed by atoms with Gasteiger partial charge in [-0.1, -0.05) is 58.4 Å². The lowest BCUT2D eigenvalue weighted by Gasteiger charge is -2.06. The highest BCUT2D eigenvalue weighted by Crippen LogP contribution is 2.35. The van der Waals surface area contributed by atoms with Crippen molar-refractivity contribution in [2.45, 2.75) is 13.5 Å². The third-order valence-corrected chi connectivity index (χ3v) is 6.05. The van der Waals surface area contributed by atoms with Crippen LogP contribution in [0, 0.1) is 6.92 Å². The number of benzene rings is 2. The van der Waals surface area contributed by atoms with E-state index in [2.05, 4.69) is 31.4 Å². The average Bonchev–Trinajstić information content (AvgIpc) is 3.09. The van der Waals surface area contributed by atoms with Crippen molar-refractivity contribution in [1.82, 2.24) is 15.0 Å². The normalized spacial score (nSPS) is 11.3. The van der Waals surface area contributed by atoms with Crippen LogP contribution in [-0.2, 0) is 11.3 Å². The van der Waals surface area contributed by atoms with Gasteiger partial charge in [0, 0.05) is 14.9 Å². The first kappa shape index (κ1) is 20.2. The zero-order valence-corrected chi connectivity index (χ0v) is 18.4. The standard InChI is InChI=1S/C22H17BrN4O2S/c1-14-19(16-5-3-2-4-6-16)20-21(30-14)24-13-27(22(20)29)12-18(28)26-25-11-15-7-9-17(23)10-8-15/h2-11,13H,12H2,1H3,(H,26,28)/b25-11-. The van der Waals surface area contributed by atoms with Crippen LogP contribution < -0.4 is 11.0 Å². The second-order valence-corrected chi connectivity index (χ2v) is 8.72. The Balaban J connectivity index is 1.57. The molecule has 0 aliphatic carbocycles. The van der Waals surface area contributed by atoms with Crippen LogP contribution in [0.2, 0.25) is 0 Å². The molecule has 2 aromatic heterocycles. The first-order valence-electron chi connectivity index (χ1n) is 9.14. The molecule has 0 aliphatic rings. The fourth-order valence-corrected chi connectivity index (χ4v) is 4.39. The molecular formula is C22H17BrN4O2S. The number of hydrazone groups is 1. The molecule has 0 saturated carbocycles. The number of carbonyl (C=O) groups is 1. The minimum absolute atomic E-state index is 0.164. The van der Waals surface area contributed by atoms with Gasteiger partial charge in [0.15, 0.2) is 0 Å². The number of hydrogen-bond acceptors (Lipinski definition) is 5. The van der Waals surface area contributed by atoms with Crippen LogP contribution in [0.5, 0.6) is 0 Å². The van der Waals surface area contributed by atoms with E-state index in [0.29, 0.717) is 10.2 Å². The maximum Gasteiger partial charge on any atom is 0.263 e. The van der Waals surface area contributed by atoms with Gasteiger partial charge in [-0.05, 0) is 30.2 Å². The number of thiophene rings is 1. The molecule has 0 bridgehead atoms. The predicted molar refractivity (Wildman–Crippen MR) is 124 cm³/mol. The van der Waals surface area contributed by atoms with Gasteiger partial charge in [-0.3, -0.25) is 14.2 Å². The lowest BCUT2D eigenvalue weighted by Crippen LogP contribution is -2.30. The third kappa shape index (κ3) is 4.24. The summed E-state index contributed by atoms with van der Waals surface area (Å²) in [6.45, 7) is 1.81. The highest BCUT2D eigenvalue weighted by Gasteiger charge is 2.17. The zero-order chi connectivity index (χ0) is 21.1. The maximum atomic E-state index is 13.1. The van der Waals surface area contributed by atoms with Gasteiger partial charge in [-0.25, -0.2) is 10.4 Å². The van der Waals surface area contributed by atoms with Crippen LogP contribution in [0.1, 0.15) is 10.4 Å². The summed E-state index contributed by atoms with van der Waals surface area (Å²) in [5.41, 5.74) is 4.89. The molecule has 1 N–H and O–H groups in total. The number of hydrogen-bond donors (Lipinski definition) is 1. The van der Waals surface area contributed by atoms with Crippen molar-refractivity contribution < 1.29 is 4.79 Å². The maximum absolute atomic E-state index is 13.1. The smallest absolute Gasteiger partial charge is 0.263 e. The van der Waals surface area contributed by atoms with E-state index < -0.39 is 5.91 Å². The molecule has 1 amide bonds. The Morgan fingerprint density at radius 1 is 1.20 bits per heavy atom. The lowest BCUT2D eigenvalue weighted by atomic mass is 10.0. The van der Waals surface area contributed by atoms with Gasteiger partial charge in [0.2, 0.25) is 0 Å². The van der Waals surface area contributed by atoms with Gasteiger partial charge >= 0.3 is 0 Å². The lowest BCUT2D eigenvalue weighted by molar-refractivity contribution is -0.121. The summed E-state index contributed by atoms with van der Waals surface area (Å²) in [6.07, 6.45) is 2.96. The number of carbonyl (C=O) groups excluding carboxylic acids is 1. The average molecular weight is 481 g/mol. The second-order valence-electron chi connectivity index (χ2n) is 6.60. The van der Waals surface area contributed by atoms with Crippen molar-refractivity contribution >= 4 is 49.6 Å². The summed E-state index contributed by atoms with van der Waals surface area (Å²) in [6, 6.07) is 17.2. The topological polar surface area (TPSA) is 76.3 Å². The molecule has 0 radical (unpaired) electrons. The Morgan fingerprint density at radius 3 is 2.67 bits per heavy atom. The molecule has 150 valence electrons. The van der Waals surface area contributed by atoms with Crippen LogP contribution in [0.25, 0.3) is 21.3 Å². The van der Waals surface area contributed by atoms with Crippen molar-refractivity contribution in [2.75, 3.05) is 0 Å². The van der Waals surface area contributed by atoms with E-state index in [0.717, 1.165) is 26.0 Å². The van der Waals surface area contributed by atoms with E-state index in [4.69, 9.17) is 0 Å². The summed E-state index contributed by atoms with van der Waals surface area (Å²) < 4.78 is 2.27. The molecule has 8 heteroatoms. The number of fused-ring (bicyclic) bond motifs is 1. The molecule has 6 nitrogen and oxygen atoms in total. The van der Waals surface area contributed by atoms with Gasteiger partial charge in [0.05, 0.1) is 17.9 Å². The van der Waals surface area contributed by atoms with E-state index in [1.807, 2.05) is 61.5 Å². The largest absolute Gasteiger partial charge is 0.289 e. The number of aromatic nitrogens is 2. The molecule has 2 heterocycles. The number of rotatable bonds is 5. The Hall–Kier alpha value is -3.10. The van der Waals surface area contributed by atoms with Crippen molar-refractivity contribution in [1.29, 1.82) is 0 Å². The molecule has 30 heavy (non-hydrogen) atoms. The minimum Gasteiger partial charge on any atom is -0.289 e. The fraction of sp³-hybridized carbons (Fsp3) is 0.0909. The molecule has 0 fully saturated rings. The molecule has 0 aliphatic heterocycles. The van der Waals surface area contributed by atoms with E-state index in [1.54, 1.807) is 6.21 Å². The number of nitrogens with one attached hydrogen (secondary N) is 1. The Morgan fingerprint density at radius 2 is 1.93 bits per heavy atom. The van der Waals surface area contributed by atoms with Crippen molar-refractivity contribution in [3.8, 4) is 11.1 Å². The predicted octanol–water partition coefficient (Wildman–Crippen LogP) is 4.35. The molecular weight excluding hydrogens is 464 g/mol. The second kappa shape index (κ2) is 8.73. The summed E-state index contributed by atoms with van der Waals surface area (Å²) in [5.74, 6) is -0.403. The SMILES string of the molecule is Cc1sc2ncn(CC(=O)N/N=C\c3ccc(Br)cc3)c(=O)c2c1-c1ccccc1. The quantitative estimate of drug-likeness (QED) is 0.340. The van der Waals surface area contributed by atoms with Crippen molar-refractivity contribution in [2.24, 2.45) is 5.10 Å². The molecule has 0 unspecified atom stereocenters. The van der Waals surface area contributed by atoms with Crippen molar-refractivity contribution in [3.63, 3.8) is 0 Å². The van der Waals surface area contributed by atoms with Gasteiger partial charge in [0.1, 0.15) is 11.4 Å². The number of nitrogens with zero attached hydrogens (tertiary/aromatic N) is 3. The van der Waals surface area contributed by atoms with Crippen LogP contribution in [-0.4, -0.2) is 21.7 Å². The molecule has 2 aromatic carbocycles. The number of amides is 1. The van der Waals surface area contributed by atoms with Gasteiger partial charge in [-0.15, -0.1) is 11.3 Å². The summed E-state index contributed by atoms with van der Waals surface area (Å²) in [7, 11) is 0. The summed E-state index contributed by atoms with van der Waals surface area (Å²) in [4.78, 5) is 31.5. The first-order valence-corrected chi connectivity index (χ1v) is 10.8. The van der Waals surface area contributed by atoms with E-state index in [-0.39, 0.29) is 12.1 Å². The van der Waals surface area contributed by atoms with Gasteiger partial charge in [-0.2, -0.15) is 5.10 Å². The fourth-order valence-electron chi connectivity index (χ4n) is 3.12. The van der Waals surface area contributed by atoms with E-state index >= 15 is 0 Å². The zero-order valence-electron chi connectivity index (χ0n) is 16.0. The third-order valence-electron chi connectivity index (χ3n) is 4.50. The highest BCUT2D eigenvalue weighted by molar-refractivity contribution is 9.10. The van der Waals surface area contributed by atoms with Crippen LogP contribution in [0.15, 0.2) is 75.3 Å². The Labute approximate surface area is 185 Å². The molecule has 0 spiro atoms. The Kier molecular flexibility index (Phi) is 5.87. The van der Waals surface area contributed by atoms with Crippen molar-refractivity contribution in [3.05, 3.63) is 86.2 Å². The number of aryl methyl sites for hydroxylation is 1. The number of halogens is 1. The molecule has 0 atom stereocenters. The Bertz CT molecular complexity index is 1290. The minimum atomic E-state index is -0.403. The van der Waals surface area contributed by atoms with E-state index in [9.17, 15) is 9.59 Å². The highest BCUT2D eigenvalue weighted by atomic mass is 79.9. The molecule has 0 saturated heterocycles.